The Morgan fingerprint density at radius 3 is 2.89 bits per heavy atom. The Labute approximate surface area is 214 Å². The lowest BCUT2D eigenvalue weighted by Crippen LogP contribution is -2.32. The van der Waals surface area contributed by atoms with Gasteiger partial charge < -0.3 is 19.7 Å². The molecular weight excluding hydrogens is 454 g/mol. The second-order valence-electron chi connectivity index (χ2n) is 11.4. The highest BCUT2D eigenvalue weighted by Gasteiger charge is 2.33. The van der Waals surface area contributed by atoms with Crippen LogP contribution in [0.25, 0.3) is 11.0 Å². The van der Waals surface area contributed by atoms with E-state index in [0.717, 1.165) is 79.2 Å². The summed E-state index contributed by atoms with van der Waals surface area (Å²) in [7, 11) is 0. The largest absolute Gasteiger partial charge is 0.489 e. The van der Waals surface area contributed by atoms with Crippen LogP contribution in [0.15, 0.2) is 24.5 Å². The van der Waals surface area contributed by atoms with Crippen LogP contribution in [0.3, 0.4) is 0 Å². The zero-order chi connectivity index (χ0) is 25.9. The summed E-state index contributed by atoms with van der Waals surface area (Å²) in [4.78, 5) is 28.8. The Hall–Kier alpha value is -2.90. The first-order valence-electron chi connectivity index (χ1n) is 13.3. The van der Waals surface area contributed by atoms with E-state index in [1.54, 1.807) is 6.33 Å². The average molecular weight is 496 g/mol. The summed E-state index contributed by atoms with van der Waals surface area (Å²) in [6.07, 6.45) is 6.83. The van der Waals surface area contributed by atoms with Crippen LogP contribution in [0.1, 0.15) is 73.1 Å². The van der Waals surface area contributed by atoms with Crippen LogP contribution in [-0.4, -0.2) is 52.3 Å². The fraction of sp³-hybridized carbons (Fsp3) is 0.643. The highest BCUT2D eigenvalue weighted by molar-refractivity contribution is 5.88. The van der Waals surface area contributed by atoms with Gasteiger partial charge in [-0.3, -0.25) is 4.79 Å². The van der Waals surface area contributed by atoms with E-state index in [2.05, 4.69) is 40.6 Å². The third-order valence-electron chi connectivity index (χ3n) is 7.00. The van der Waals surface area contributed by atoms with E-state index in [9.17, 15) is 4.79 Å². The van der Waals surface area contributed by atoms with Crippen molar-refractivity contribution >= 4 is 28.6 Å². The summed E-state index contributed by atoms with van der Waals surface area (Å²) in [6, 6.07) is 2.24. The van der Waals surface area contributed by atoms with Crippen LogP contribution in [-0.2, 0) is 9.53 Å². The summed E-state index contributed by atoms with van der Waals surface area (Å²) in [5, 5.41) is 3.57. The van der Waals surface area contributed by atoms with E-state index in [-0.39, 0.29) is 12.0 Å². The van der Waals surface area contributed by atoms with Crippen LogP contribution in [0.4, 0.5) is 11.6 Å². The number of rotatable bonds is 8. The number of ether oxygens (including phenoxy) is 2. The number of anilines is 2. The van der Waals surface area contributed by atoms with Crippen LogP contribution >= 0.6 is 0 Å². The molecule has 1 fully saturated rings. The van der Waals surface area contributed by atoms with E-state index in [4.69, 9.17) is 14.5 Å². The first-order valence-corrected chi connectivity index (χ1v) is 13.3. The first-order chi connectivity index (χ1) is 17.1. The zero-order valence-corrected chi connectivity index (χ0v) is 22.5. The molecule has 0 saturated carbocycles. The molecule has 2 bridgehead atoms. The second kappa shape index (κ2) is 11.0. The van der Waals surface area contributed by atoms with E-state index < -0.39 is 5.60 Å². The molecule has 36 heavy (non-hydrogen) atoms. The number of fused-ring (bicyclic) bond motifs is 5. The highest BCUT2D eigenvalue weighted by atomic mass is 16.6. The van der Waals surface area contributed by atoms with Crippen molar-refractivity contribution in [2.24, 2.45) is 11.8 Å². The fourth-order valence-corrected chi connectivity index (χ4v) is 5.27. The number of nitrogens with one attached hydrogen (secondary N) is 1. The number of aromatic nitrogens is 3. The molecule has 0 spiro atoms. The molecule has 0 radical (unpaired) electrons. The molecule has 0 aliphatic carbocycles. The molecule has 4 rings (SSSR count). The lowest BCUT2D eigenvalue weighted by molar-refractivity contribution is -0.155. The second-order valence-corrected chi connectivity index (χ2v) is 11.4. The molecule has 8 heteroatoms. The Kier molecular flexibility index (Phi) is 8.00. The molecule has 1 saturated heterocycles. The quantitative estimate of drug-likeness (QED) is 0.378. The van der Waals surface area contributed by atoms with Gasteiger partial charge in [0, 0.05) is 37.5 Å². The maximum atomic E-state index is 12.3. The van der Waals surface area contributed by atoms with E-state index in [1.807, 2.05) is 26.8 Å². The summed E-state index contributed by atoms with van der Waals surface area (Å²) >= 11 is 0. The minimum Gasteiger partial charge on any atom is -0.489 e. The number of nitrogens with zero attached hydrogens (tertiary/aromatic N) is 4. The normalized spacial score (nSPS) is 20.5. The Bertz CT molecular complexity index is 1100. The predicted octanol–water partition coefficient (Wildman–Crippen LogP) is 5.53. The number of carbonyl (C=O) groups is 1. The van der Waals surface area contributed by atoms with Crippen molar-refractivity contribution in [1.29, 1.82) is 0 Å². The van der Waals surface area contributed by atoms with Gasteiger partial charge in [0.25, 0.3) is 0 Å². The van der Waals surface area contributed by atoms with Crippen LogP contribution in [0.2, 0.25) is 0 Å². The van der Waals surface area contributed by atoms with E-state index in [0.29, 0.717) is 24.9 Å². The van der Waals surface area contributed by atoms with Gasteiger partial charge in [-0.05, 0) is 65.7 Å². The molecule has 0 aromatic carbocycles. The van der Waals surface area contributed by atoms with Gasteiger partial charge in [0.05, 0.1) is 12.1 Å². The van der Waals surface area contributed by atoms with Crippen molar-refractivity contribution in [2.45, 2.75) is 84.8 Å². The highest BCUT2D eigenvalue weighted by Crippen LogP contribution is 2.39. The molecular formula is C28H41N5O3. The number of carbonyl (C=O) groups excluding carboxylic acids is 1. The van der Waals surface area contributed by atoms with E-state index >= 15 is 0 Å². The summed E-state index contributed by atoms with van der Waals surface area (Å²) in [5.74, 6) is 3.01. The molecule has 2 aromatic rings. The van der Waals surface area contributed by atoms with E-state index in [1.165, 1.54) is 0 Å². The van der Waals surface area contributed by atoms with Crippen LogP contribution in [0.5, 0.6) is 5.75 Å². The molecule has 8 nitrogen and oxygen atoms in total. The SMILES string of the molecule is C=C(C)C[C@H](CC)Nc1ncnc2cc3c(nc12)N1CCCC(CCC(=O)OC(C)(C)C)[C@H](CO3)C1. The van der Waals surface area contributed by atoms with Crippen molar-refractivity contribution < 1.29 is 14.3 Å². The van der Waals surface area contributed by atoms with Gasteiger partial charge in [0.15, 0.2) is 17.4 Å². The molecule has 2 aliphatic rings. The Morgan fingerprint density at radius 1 is 1.36 bits per heavy atom. The topological polar surface area (TPSA) is 89.5 Å². The third-order valence-corrected chi connectivity index (χ3v) is 7.00. The Balaban J connectivity index is 1.54. The van der Waals surface area contributed by atoms with Crippen LogP contribution < -0.4 is 15.0 Å². The van der Waals surface area contributed by atoms with Gasteiger partial charge in [0.2, 0.25) is 0 Å². The molecule has 1 N–H and O–H groups in total. The monoisotopic (exact) mass is 495 g/mol. The van der Waals surface area contributed by atoms with Crippen molar-refractivity contribution in [3.05, 3.63) is 24.5 Å². The van der Waals surface area contributed by atoms with Gasteiger partial charge >= 0.3 is 5.97 Å². The molecule has 0 amide bonds. The van der Waals surface area contributed by atoms with Crippen molar-refractivity contribution in [1.82, 2.24) is 15.0 Å². The Morgan fingerprint density at radius 2 is 2.17 bits per heavy atom. The van der Waals surface area contributed by atoms with Crippen molar-refractivity contribution in [2.75, 3.05) is 29.9 Å². The van der Waals surface area contributed by atoms with Gasteiger partial charge in [-0.2, -0.15) is 0 Å². The zero-order valence-electron chi connectivity index (χ0n) is 22.5. The predicted molar refractivity (Wildman–Crippen MR) is 143 cm³/mol. The molecule has 1 unspecified atom stereocenters. The van der Waals surface area contributed by atoms with Crippen LogP contribution in [0, 0.1) is 11.8 Å². The lowest BCUT2D eigenvalue weighted by Gasteiger charge is -2.26. The standard InChI is InChI=1S/C28H41N5O3/c1-7-21(13-18(2)3)31-26-25-22(29-17-30-26)14-23-27(32-25)33-12-8-9-19(20(15-33)16-35-23)10-11-24(34)36-28(4,5)6/h14,17,19-21H,2,7-13,15-16H2,1,3-6H3,(H,29,30,31)/t19?,20-,21-/m0/s1. The van der Waals surface area contributed by atoms with Gasteiger partial charge in [-0.15, -0.1) is 6.58 Å². The van der Waals surface area contributed by atoms with Gasteiger partial charge in [-0.25, -0.2) is 15.0 Å². The maximum Gasteiger partial charge on any atom is 0.306 e. The number of esters is 1. The lowest BCUT2D eigenvalue weighted by atomic mass is 9.86. The summed E-state index contributed by atoms with van der Waals surface area (Å²) < 4.78 is 11.9. The maximum absolute atomic E-state index is 12.3. The smallest absolute Gasteiger partial charge is 0.306 e. The summed E-state index contributed by atoms with van der Waals surface area (Å²) in [6.45, 7) is 16.4. The molecule has 3 atom stereocenters. The van der Waals surface area contributed by atoms with Gasteiger partial charge in [0.1, 0.15) is 17.4 Å². The fourth-order valence-electron chi connectivity index (χ4n) is 5.27. The first kappa shape index (κ1) is 26.2. The number of hydrogen-bond donors (Lipinski definition) is 1. The van der Waals surface area contributed by atoms with Crippen molar-refractivity contribution in [3.63, 3.8) is 0 Å². The number of hydrogen-bond acceptors (Lipinski definition) is 8. The molecule has 4 heterocycles. The van der Waals surface area contributed by atoms with Gasteiger partial charge in [-0.1, -0.05) is 12.5 Å². The minimum atomic E-state index is -0.448. The summed E-state index contributed by atoms with van der Waals surface area (Å²) in [5.41, 5.74) is 2.23. The van der Waals surface area contributed by atoms with Crippen molar-refractivity contribution in [3.8, 4) is 5.75 Å². The molecule has 2 aliphatic heterocycles. The molecule has 196 valence electrons. The third kappa shape index (κ3) is 6.45. The molecule has 2 aromatic heterocycles. The average Bonchev–Trinajstić information content (AvgIpc) is 3.11. The minimum absolute atomic E-state index is 0.120. The number of pyridine rings is 1.